The largest absolute Gasteiger partial charge is 0.496 e. The van der Waals surface area contributed by atoms with Gasteiger partial charge >= 0.3 is 0 Å². The minimum Gasteiger partial charge on any atom is -0.496 e. The number of hydrogen-bond donors (Lipinski definition) is 1. The third-order valence-electron chi connectivity index (χ3n) is 2.21. The lowest BCUT2D eigenvalue weighted by molar-refractivity contribution is 0.0855. The van der Waals surface area contributed by atoms with Crippen LogP contribution in [0.1, 0.15) is 5.56 Å². The lowest BCUT2D eigenvalue weighted by atomic mass is 10.1. The number of methoxy groups -OCH3 is 3. The highest BCUT2D eigenvalue weighted by atomic mass is 16.6. The highest BCUT2D eigenvalue weighted by Crippen LogP contribution is 2.33. The summed E-state index contributed by atoms with van der Waals surface area (Å²) < 4.78 is 15.7. The first-order valence-corrected chi connectivity index (χ1v) is 4.81. The molecule has 90 valence electrons. The molecule has 5 heteroatoms. The third kappa shape index (κ3) is 2.77. The van der Waals surface area contributed by atoms with Crippen molar-refractivity contribution in [3.8, 4) is 17.2 Å². The van der Waals surface area contributed by atoms with Gasteiger partial charge in [-0.1, -0.05) is 0 Å². The summed E-state index contributed by atoms with van der Waals surface area (Å²) in [6, 6.07) is 3.60. The lowest BCUT2D eigenvalue weighted by Gasteiger charge is -2.14. The molecular weight excluding hydrogens is 210 g/mol. The molecule has 0 saturated heterocycles. The van der Waals surface area contributed by atoms with Gasteiger partial charge < -0.3 is 19.0 Å². The Balaban J connectivity index is 3.09. The van der Waals surface area contributed by atoms with Crippen LogP contribution in [0.15, 0.2) is 12.1 Å². The fraction of sp³-hybridized carbons (Fsp3) is 0.455. The molecule has 1 aromatic carbocycles. The average molecular weight is 227 g/mol. The van der Waals surface area contributed by atoms with E-state index in [1.165, 1.54) is 0 Å². The Morgan fingerprint density at radius 3 is 1.88 bits per heavy atom. The molecule has 0 heterocycles. The average Bonchev–Trinajstić information content (AvgIpc) is 2.35. The Morgan fingerprint density at radius 2 is 1.50 bits per heavy atom. The Kier molecular flexibility index (Phi) is 4.88. The van der Waals surface area contributed by atoms with E-state index >= 15 is 0 Å². The van der Waals surface area contributed by atoms with Gasteiger partial charge in [-0.05, 0) is 0 Å². The monoisotopic (exact) mass is 227 g/mol. The molecule has 0 amide bonds. The molecule has 16 heavy (non-hydrogen) atoms. The highest BCUT2D eigenvalue weighted by molar-refractivity contribution is 5.50. The second-order valence-electron chi connectivity index (χ2n) is 3.04. The minimum absolute atomic E-state index is 0.493. The van der Waals surface area contributed by atoms with Crippen molar-refractivity contribution in [2.24, 2.45) is 0 Å². The molecule has 1 rings (SSSR count). The molecule has 5 nitrogen and oxygen atoms in total. The molecule has 1 aromatic rings. The number of rotatable bonds is 6. The molecule has 0 spiro atoms. The zero-order chi connectivity index (χ0) is 12.0. The van der Waals surface area contributed by atoms with Crippen molar-refractivity contribution in [1.29, 1.82) is 0 Å². The predicted octanol–water partition coefficient (Wildman–Crippen LogP) is 1.36. The molecule has 0 aliphatic heterocycles. The van der Waals surface area contributed by atoms with Gasteiger partial charge in [0.05, 0.1) is 40.5 Å². The van der Waals surface area contributed by atoms with E-state index < -0.39 is 0 Å². The molecule has 0 atom stereocenters. The van der Waals surface area contributed by atoms with Crippen molar-refractivity contribution < 1.29 is 19.0 Å². The van der Waals surface area contributed by atoms with Crippen LogP contribution in [-0.4, -0.2) is 28.4 Å². The third-order valence-corrected chi connectivity index (χ3v) is 2.21. The summed E-state index contributed by atoms with van der Waals surface area (Å²) in [7, 11) is 6.36. The summed E-state index contributed by atoms with van der Waals surface area (Å²) in [5.74, 6) is 2.08. The maximum Gasteiger partial charge on any atom is 0.130 e. The van der Waals surface area contributed by atoms with E-state index in [1.54, 1.807) is 40.6 Å². The van der Waals surface area contributed by atoms with Gasteiger partial charge in [0.15, 0.2) is 0 Å². The van der Waals surface area contributed by atoms with Gasteiger partial charge in [-0.2, -0.15) is 5.48 Å². The summed E-state index contributed by atoms with van der Waals surface area (Å²) in [6.07, 6.45) is 0. The second-order valence-corrected chi connectivity index (χ2v) is 3.04. The zero-order valence-electron chi connectivity index (χ0n) is 9.99. The summed E-state index contributed by atoms with van der Waals surface area (Å²) in [5.41, 5.74) is 3.63. The molecule has 0 bridgehead atoms. The van der Waals surface area contributed by atoms with E-state index in [-0.39, 0.29) is 0 Å². The number of ether oxygens (including phenoxy) is 3. The summed E-state index contributed by atoms with van der Waals surface area (Å²) in [4.78, 5) is 4.81. The summed E-state index contributed by atoms with van der Waals surface area (Å²) in [6.45, 7) is 0.493. The Morgan fingerprint density at radius 1 is 0.938 bits per heavy atom. The molecule has 0 aromatic heterocycles. The van der Waals surface area contributed by atoms with Gasteiger partial charge in [0.1, 0.15) is 17.2 Å². The maximum atomic E-state index is 5.27. The van der Waals surface area contributed by atoms with Crippen LogP contribution in [0.2, 0.25) is 0 Å². The van der Waals surface area contributed by atoms with Crippen LogP contribution in [0.5, 0.6) is 17.2 Å². The number of nitrogens with one attached hydrogen (secondary N) is 1. The van der Waals surface area contributed by atoms with Gasteiger partial charge in [0, 0.05) is 12.1 Å². The maximum absolute atomic E-state index is 5.27. The predicted molar refractivity (Wildman–Crippen MR) is 59.9 cm³/mol. The van der Waals surface area contributed by atoms with E-state index in [0.29, 0.717) is 23.8 Å². The molecule has 0 aliphatic rings. The van der Waals surface area contributed by atoms with E-state index in [4.69, 9.17) is 19.0 Å². The molecule has 0 fully saturated rings. The quantitative estimate of drug-likeness (QED) is 0.744. The first-order chi connectivity index (χ1) is 7.76. The van der Waals surface area contributed by atoms with Crippen molar-refractivity contribution in [2.45, 2.75) is 6.54 Å². The molecule has 0 radical (unpaired) electrons. The van der Waals surface area contributed by atoms with Crippen LogP contribution in [0, 0.1) is 0 Å². The van der Waals surface area contributed by atoms with Crippen molar-refractivity contribution in [2.75, 3.05) is 28.4 Å². The van der Waals surface area contributed by atoms with Gasteiger partial charge in [-0.3, -0.25) is 0 Å². The normalized spacial score (nSPS) is 10.0. The van der Waals surface area contributed by atoms with E-state index in [1.807, 2.05) is 0 Å². The van der Waals surface area contributed by atoms with Gasteiger partial charge in [-0.15, -0.1) is 0 Å². The molecule has 0 aliphatic carbocycles. The summed E-state index contributed by atoms with van der Waals surface area (Å²) in [5, 5.41) is 0. The smallest absolute Gasteiger partial charge is 0.130 e. The van der Waals surface area contributed by atoms with E-state index in [2.05, 4.69) is 5.48 Å². The lowest BCUT2D eigenvalue weighted by Crippen LogP contribution is -2.12. The van der Waals surface area contributed by atoms with Crippen LogP contribution < -0.4 is 19.7 Å². The number of benzene rings is 1. The Hall–Kier alpha value is -1.46. The zero-order valence-corrected chi connectivity index (χ0v) is 9.99. The van der Waals surface area contributed by atoms with Crippen LogP contribution in [0.3, 0.4) is 0 Å². The number of hydrogen-bond acceptors (Lipinski definition) is 5. The molecule has 0 saturated carbocycles. The first-order valence-electron chi connectivity index (χ1n) is 4.81. The van der Waals surface area contributed by atoms with Crippen LogP contribution in [-0.2, 0) is 11.4 Å². The van der Waals surface area contributed by atoms with Crippen molar-refractivity contribution in [1.82, 2.24) is 5.48 Å². The van der Waals surface area contributed by atoms with Crippen molar-refractivity contribution in [3.05, 3.63) is 17.7 Å². The van der Waals surface area contributed by atoms with Crippen LogP contribution in [0.25, 0.3) is 0 Å². The number of hydroxylamine groups is 1. The molecule has 0 unspecified atom stereocenters. The Labute approximate surface area is 95.2 Å². The van der Waals surface area contributed by atoms with E-state index in [9.17, 15) is 0 Å². The molecule has 1 N–H and O–H groups in total. The molecular formula is C11H17NO4. The van der Waals surface area contributed by atoms with Gasteiger partial charge in [0.25, 0.3) is 0 Å². The Bertz CT molecular complexity index is 316. The van der Waals surface area contributed by atoms with Gasteiger partial charge in [0.2, 0.25) is 0 Å². The fourth-order valence-corrected chi connectivity index (χ4v) is 1.40. The highest BCUT2D eigenvalue weighted by Gasteiger charge is 2.12. The minimum atomic E-state index is 0.493. The van der Waals surface area contributed by atoms with Crippen LogP contribution in [0.4, 0.5) is 0 Å². The summed E-state index contributed by atoms with van der Waals surface area (Å²) >= 11 is 0. The van der Waals surface area contributed by atoms with Crippen LogP contribution >= 0.6 is 0 Å². The standard InChI is InChI=1S/C11H17NO4/c1-13-8-5-10(14-2)9(7-12-16-4)11(6-8)15-3/h5-6,12H,7H2,1-4H3. The van der Waals surface area contributed by atoms with E-state index in [0.717, 1.165) is 5.56 Å². The topological polar surface area (TPSA) is 49.0 Å². The first kappa shape index (κ1) is 12.6. The SMILES string of the molecule is CONCc1c(OC)cc(OC)cc1OC. The van der Waals surface area contributed by atoms with Crippen molar-refractivity contribution >= 4 is 0 Å². The van der Waals surface area contributed by atoms with Gasteiger partial charge in [-0.25, -0.2) is 0 Å². The second kappa shape index (κ2) is 6.19. The van der Waals surface area contributed by atoms with Crippen molar-refractivity contribution in [3.63, 3.8) is 0 Å². The fourth-order valence-electron chi connectivity index (χ4n) is 1.40.